The Morgan fingerprint density at radius 3 is 0.938 bits per heavy atom. The van der Waals surface area contributed by atoms with E-state index in [1.807, 2.05) is 0 Å². The van der Waals surface area contributed by atoms with Crippen LogP contribution in [0.25, 0.3) is 120 Å². The largest absolute Gasteiger partial charge is 0.308 e. The van der Waals surface area contributed by atoms with Crippen LogP contribution in [-0.4, -0.2) is 8.80 Å². The van der Waals surface area contributed by atoms with Crippen molar-refractivity contribution in [1.82, 2.24) is 8.80 Å². The number of nitrogens with zero attached hydrogens (tertiary/aromatic N) is 2. The highest BCUT2D eigenvalue weighted by Gasteiger charge is 2.26. The molecule has 0 fully saturated rings. The van der Waals surface area contributed by atoms with Crippen molar-refractivity contribution in [3.8, 4) is 22.3 Å². The van der Waals surface area contributed by atoms with Gasteiger partial charge in [0.15, 0.2) is 0 Å². The lowest BCUT2D eigenvalue weighted by atomic mass is 9.82. The Hall–Kier alpha value is -6.90. The molecule has 0 N–H and O–H groups in total. The van der Waals surface area contributed by atoms with Crippen LogP contribution in [0.15, 0.2) is 133 Å². The summed E-state index contributed by atoms with van der Waals surface area (Å²) in [6, 6.07) is 52.8. The van der Waals surface area contributed by atoms with Crippen molar-refractivity contribution in [2.75, 3.05) is 0 Å². The molecule has 0 radical (unpaired) electrons. The van der Waals surface area contributed by atoms with Crippen molar-refractivity contribution in [3.05, 3.63) is 167 Å². The quantitative estimate of drug-likeness (QED) is 0.154. The molecule has 0 aliphatic carbocycles. The van der Waals surface area contributed by atoms with Gasteiger partial charge >= 0.3 is 0 Å². The van der Waals surface area contributed by atoms with Crippen molar-refractivity contribution < 1.29 is 0 Å². The SMILES string of the molecule is Cc1ccc2c(c1)c1cc(C)cc3c4cc5c(-c6ccc(C(C)(C)C)cc6)c6cc7c(cc6c(-c6ccc(C(C)(C)C)cc6)c5cc4n2c13)c1cc(C)cc2c3cc(C)ccc3n7c21. The Labute approximate surface area is 374 Å². The van der Waals surface area contributed by atoms with E-state index in [1.54, 1.807) is 0 Å². The molecule has 0 aliphatic rings. The molecule has 0 bridgehead atoms. The lowest BCUT2D eigenvalue weighted by Gasteiger charge is -2.22. The van der Waals surface area contributed by atoms with Gasteiger partial charge in [0.2, 0.25) is 0 Å². The Bertz CT molecular complexity index is 3860. The maximum absolute atomic E-state index is 2.56. The average molecular weight is 825 g/mol. The summed E-state index contributed by atoms with van der Waals surface area (Å²) < 4.78 is 5.13. The fourth-order valence-electron chi connectivity index (χ4n) is 11.7. The molecule has 0 unspecified atom stereocenters. The van der Waals surface area contributed by atoms with E-state index in [-0.39, 0.29) is 10.8 Å². The van der Waals surface area contributed by atoms with Crippen molar-refractivity contribution in [1.29, 1.82) is 0 Å². The highest BCUT2D eigenvalue weighted by molar-refractivity contribution is 6.32. The fraction of sp³-hybridized carbons (Fsp3) is 0.194. The lowest BCUT2D eigenvalue weighted by molar-refractivity contribution is 0.590. The molecule has 2 heteroatoms. The lowest BCUT2D eigenvalue weighted by Crippen LogP contribution is -2.10. The number of hydrogen-bond donors (Lipinski definition) is 0. The van der Waals surface area contributed by atoms with Crippen LogP contribution < -0.4 is 0 Å². The summed E-state index contributed by atoms with van der Waals surface area (Å²) in [5, 5.41) is 15.7. The summed E-state index contributed by atoms with van der Waals surface area (Å²) in [6.07, 6.45) is 0. The van der Waals surface area contributed by atoms with Gasteiger partial charge in [0.25, 0.3) is 0 Å². The first-order valence-corrected chi connectivity index (χ1v) is 23.1. The third-order valence-corrected chi connectivity index (χ3v) is 14.8. The minimum atomic E-state index is 0.0435. The molecule has 310 valence electrons. The highest BCUT2D eigenvalue weighted by atomic mass is 14.9. The molecule has 0 atom stereocenters. The summed E-state index contributed by atoms with van der Waals surface area (Å²) in [4.78, 5) is 0. The average Bonchev–Trinajstić information content (AvgIpc) is 3.95. The zero-order valence-electron chi connectivity index (χ0n) is 38.6. The second kappa shape index (κ2) is 12.4. The molecule has 0 saturated carbocycles. The number of benzene rings is 9. The standard InChI is InChI=1S/C62H52N2/c1-33-11-21-53-41(23-33)49-25-35(3)27-51-43-29-45-47(31-55(43)63(53)59(49)51)57(37-13-17-39(18-14-37)61(5,6)7)46-30-44-52-28-36(4)26-50-42-24-34(2)12-22-54(42)64(60(50)52)56(44)32-48(46)58(45)38-15-19-40(20-16-38)62(8,9)10/h11-32H,1-10H3. The van der Waals surface area contributed by atoms with Crippen molar-refractivity contribution in [2.45, 2.75) is 80.1 Å². The number of aryl methyl sites for hydroxylation is 4. The van der Waals surface area contributed by atoms with Gasteiger partial charge in [-0.2, -0.15) is 0 Å². The number of hydrogen-bond acceptors (Lipinski definition) is 0. The predicted molar refractivity (Wildman–Crippen MR) is 278 cm³/mol. The van der Waals surface area contributed by atoms with Crippen LogP contribution in [0, 0.1) is 27.7 Å². The Morgan fingerprint density at radius 1 is 0.281 bits per heavy atom. The summed E-state index contributed by atoms with van der Waals surface area (Å²) in [6.45, 7) is 22.8. The molecule has 0 saturated heterocycles. The van der Waals surface area contributed by atoms with Crippen LogP contribution in [0.5, 0.6) is 0 Å². The van der Waals surface area contributed by atoms with Gasteiger partial charge in [-0.15, -0.1) is 0 Å². The minimum Gasteiger partial charge on any atom is -0.308 e. The molecule has 4 aromatic heterocycles. The first-order valence-electron chi connectivity index (χ1n) is 23.1. The molecule has 4 heterocycles. The topological polar surface area (TPSA) is 8.82 Å². The zero-order chi connectivity index (χ0) is 43.9. The van der Waals surface area contributed by atoms with Crippen LogP contribution in [0.2, 0.25) is 0 Å². The fourth-order valence-corrected chi connectivity index (χ4v) is 11.7. The van der Waals surface area contributed by atoms with Crippen LogP contribution in [0.4, 0.5) is 0 Å². The van der Waals surface area contributed by atoms with Gasteiger partial charge in [-0.25, -0.2) is 0 Å². The minimum absolute atomic E-state index is 0.0435. The summed E-state index contributed by atoms with van der Waals surface area (Å²) in [7, 11) is 0. The molecule has 64 heavy (non-hydrogen) atoms. The Balaban J connectivity index is 1.28. The maximum Gasteiger partial charge on any atom is 0.0620 e. The van der Waals surface area contributed by atoms with Gasteiger partial charge in [0.1, 0.15) is 0 Å². The third-order valence-electron chi connectivity index (χ3n) is 14.8. The van der Waals surface area contributed by atoms with E-state index in [0.717, 1.165) is 0 Å². The molecule has 0 spiro atoms. The molecule has 13 aromatic rings. The van der Waals surface area contributed by atoms with Gasteiger partial charge in [-0.1, -0.05) is 113 Å². The normalized spacial score (nSPS) is 13.2. The number of aromatic nitrogens is 2. The second-order valence-corrected chi connectivity index (χ2v) is 21.4. The summed E-state index contributed by atoms with van der Waals surface area (Å²) in [5.41, 5.74) is 20.7. The van der Waals surface area contributed by atoms with Gasteiger partial charge in [0, 0.05) is 43.1 Å². The molecule has 0 amide bonds. The number of rotatable bonds is 2. The zero-order valence-corrected chi connectivity index (χ0v) is 38.6. The molecular formula is C62H52N2. The maximum atomic E-state index is 2.56. The Kier molecular flexibility index (Phi) is 7.30. The van der Waals surface area contributed by atoms with Crippen molar-refractivity contribution >= 4 is 97.7 Å². The first-order chi connectivity index (χ1) is 30.6. The monoisotopic (exact) mass is 824 g/mol. The summed E-state index contributed by atoms with van der Waals surface area (Å²) >= 11 is 0. The highest BCUT2D eigenvalue weighted by Crippen LogP contribution is 2.51. The van der Waals surface area contributed by atoms with Crippen LogP contribution in [-0.2, 0) is 10.8 Å². The van der Waals surface area contributed by atoms with E-state index in [9.17, 15) is 0 Å². The molecule has 2 nitrogen and oxygen atoms in total. The smallest absolute Gasteiger partial charge is 0.0620 e. The van der Waals surface area contributed by atoms with E-state index in [0.29, 0.717) is 0 Å². The molecule has 13 rings (SSSR count). The molecule has 0 aliphatic heterocycles. The van der Waals surface area contributed by atoms with Crippen molar-refractivity contribution in [2.24, 2.45) is 0 Å². The van der Waals surface area contributed by atoms with E-state index in [4.69, 9.17) is 0 Å². The van der Waals surface area contributed by atoms with Crippen LogP contribution in [0.3, 0.4) is 0 Å². The van der Waals surface area contributed by atoms with E-state index in [2.05, 4.69) is 211 Å². The van der Waals surface area contributed by atoms with E-state index in [1.165, 1.54) is 153 Å². The number of fused-ring (bicyclic) bond motifs is 14. The predicted octanol–water partition coefficient (Wildman–Crippen LogP) is 17.5. The second-order valence-electron chi connectivity index (χ2n) is 21.4. The van der Waals surface area contributed by atoms with E-state index >= 15 is 0 Å². The molecule has 9 aromatic carbocycles. The van der Waals surface area contributed by atoms with Gasteiger partial charge in [-0.05, 0) is 177 Å². The van der Waals surface area contributed by atoms with Gasteiger partial charge in [-0.3, -0.25) is 0 Å². The van der Waals surface area contributed by atoms with E-state index < -0.39 is 0 Å². The van der Waals surface area contributed by atoms with Gasteiger partial charge < -0.3 is 8.80 Å². The van der Waals surface area contributed by atoms with Crippen molar-refractivity contribution in [3.63, 3.8) is 0 Å². The van der Waals surface area contributed by atoms with Crippen LogP contribution in [0.1, 0.15) is 74.9 Å². The molecular weight excluding hydrogens is 773 g/mol. The summed E-state index contributed by atoms with van der Waals surface area (Å²) in [5.74, 6) is 0. The first kappa shape index (κ1) is 37.6. The van der Waals surface area contributed by atoms with Crippen LogP contribution >= 0.6 is 0 Å². The van der Waals surface area contributed by atoms with Gasteiger partial charge in [0.05, 0.1) is 33.1 Å². The Morgan fingerprint density at radius 2 is 0.594 bits per heavy atom. The third kappa shape index (κ3) is 5.03.